The van der Waals surface area contributed by atoms with Gasteiger partial charge in [0.25, 0.3) is 0 Å². The molecule has 0 saturated heterocycles. The summed E-state index contributed by atoms with van der Waals surface area (Å²) in [5.74, 6) is 2.74. The van der Waals surface area contributed by atoms with E-state index < -0.39 is 0 Å². The van der Waals surface area contributed by atoms with Gasteiger partial charge in [-0.25, -0.2) is 0 Å². The fraction of sp³-hybridized carbons (Fsp3) is 0.250. The van der Waals surface area contributed by atoms with Crippen LogP contribution in [0.25, 0.3) is 11.0 Å². The number of rotatable bonds is 4. The van der Waals surface area contributed by atoms with E-state index >= 15 is 0 Å². The van der Waals surface area contributed by atoms with Gasteiger partial charge in [-0.05, 0) is 24.3 Å². The minimum Gasteiger partial charge on any atom is -0.490 e. The molecular weight excluding hydrogens is 457 g/mol. The first-order valence-electron chi connectivity index (χ1n) is 8.72. The predicted molar refractivity (Wildman–Crippen MR) is 117 cm³/mol. The van der Waals surface area contributed by atoms with E-state index in [1.54, 1.807) is 0 Å². The largest absolute Gasteiger partial charge is 0.490 e. The van der Waals surface area contributed by atoms with Crippen LogP contribution in [-0.4, -0.2) is 25.7 Å². The second-order valence-electron chi connectivity index (χ2n) is 6.10. The van der Waals surface area contributed by atoms with Crippen molar-refractivity contribution in [1.29, 1.82) is 0 Å². The lowest BCUT2D eigenvalue weighted by molar-refractivity contribution is 0.297. The molecule has 0 amide bonds. The van der Waals surface area contributed by atoms with E-state index in [0.29, 0.717) is 32.1 Å². The number of para-hydroxylation sites is 1. The minimum atomic E-state index is 0. The van der Waals surface area contributed by atoms with Crippen molar-refractivity contribution in [2.75, 3.05) is 25.1 Å². The molecule has 0 bridgehead atoms. The second-order valence-corrected chi connectivity index (χ2v) is 6.10. The zero-order valence-corrected chi connectivity index (χ0v) is 17.1. The molecule has 0 saturated carbocycles. The maximum atomic E-state index is 5.99. The van der Waals surface area contributed by atoms with Crippen LogP contribution in [0, 0.1) is 0 Å². The summed E-state index contributed by atoms with van der Waals surface area (Å²) >= 11 is 0. The van der Waals surface area contributed by atoms with E-state index in [1.165, 1.54) is 0 Å². The number of nitrogens with one attached hydrogen (secondary N) is 1. The monoisotopic (exact) mass is 479 g/mol. The molecule has 0 radical (unpaired) electrons. The van der Waals surface area contributed by atoms with Crippen LogP contribution in [0.1, 0.15) is 12.2 Å². The van der Waals surface area contributed by atoms with Crippen LogP contribution in [0.3, 0.4) is 0 Å². The van der Waals surface area contributed by atoms with Gasteiger partial charge in [-0.2, -0.15) is 0 Å². The van der Waals surface area contributed by atoms with Gasteiger partial charge >= 0.3 is 0 Å². The number of hydrogen-bond donors (Lipinski definition) is 2. The minimum absolute atomic E-state index is 0. The number of nitrogens with zero attached hydrogens (tertiary/aromatic N) is 1. The summed E-state index contributed by atoms with van der Waals surface area (Å²) in [5.41, 5.74) is 7.70. The summed E-state index contributed by atoms with van der Waals surface area (Å²) in [4.78, 5) is 4.37. The van der Waals surface area contributed by atoms with Crippen molar-refractivity contribution in [3.05, 3.63) is 54.3 Å². The molecule has 1 aromatic heterocycles. The number of hydrogen-bond acceptors (Lipinski definition) is 4. The number of halogens is 1. The molecule has 1 aliphatic heterocycles. The maximum absolute atomic E-state index is 5.99. The molecule has 27 heavy (non-hydrogen) atoms. The van der Waals surface area contributed by atoms with Crippen molar-refractivity contribution in [3.63, 3.8) is 0 Å². The quantitative estimate of drug-likeness (QED) is 0.334. The van der Waals surface area contributed by atoms with Gasteiger partial charge in [-0.15, -0.1) is 24.0 Å². The fourth-order valence-electron chi connectivity index (χ4n) is 2.88. The number of fused-ring (bicyclic) bond motifs is 2. The third-order valence-corrected chi connectivity index (χ3v) is 4.14. The first-order valence-corrected chi connectivity index (χ1v) is 8.72. The highest BCUT2D eigenvalue weighted by Gasteiger charge is 2.11. The Morgan fingerprint density at radius 1 is 1.04 bits per heavy atom. The molecule has 0 atom stereocenters. The summed E-state index contributed by atoms with van der Waals surface area (Å²) in [6.07, 6.45) is 1.57. The van der Waals surface area contributed by atoms with Gasteiger partial charge in [0.15, 0.2) is 17.5 Å². The number of ether oxygens (including phenoxy) is 2. The number of nitrogens with two attached hydrogens (primary N) is 1. The third kappa shape index (κ3) is 4.85. The molecule has 0 spiro atoms. The fourth-order valence-corrected chi connectivity index (χ4v) is 2.88. The summed E-state index contributed by atoms with van der Waals surface area (Å²) in [5, 5.41) is 4.19. The van der Waals surface area contributed by atoms with Gasteiger partial charge in [-0.3, -0.25) is 4.99 Å². The Kier molecular flexibility index (Phi) is 6.44. The number of benzene rings is 2. The third-order valence-electron chi connectivity index (χ3n) is 4.14. The molecular formula is C20H22IN3O3. The highest BCUT2D eigenvalue weighted by molar-refractivity contribution is 14.0. The number of guanidine groups is 1. The van der Waals surface area contributed by atoms with Crippen LogP contribution in [0.2, 0.25) is 0 Å². The normalized spacial score (nSPS) is 13.7. The predicted octanol–water partition coefficient (Wildman–Crippen LogP) is 4.18. The van der Waals surface area contributed by atoms with Crippen molar-refractivity contribution < 1.29 is 13.9 Å². The highest BCUT2D eigenvalue weighted by Crippen LogP contribution is 2.32. The number of anilines is 1. The number of furan rings is 1. The second kappa shape index (κ2) is 8.98. The summed E-state index contributed by atoms with van der Waals surface area (Å²) in [7, 11) is 0. The Balaban J connectivity index is 0.00000210. The van der Waals surface area contributed by atoms with Crippen molar-refractivity contribution >= 4 is 46.6 Å². The molecule has 1 aliphatic rings. The van der Waals surface area contributed by atoms with Crippen LogP contribution < -0.4 is 20.5 Å². The average molecular weight is 479 g/mol. The smallest absolute Gasteiger partial charge is 0.193 e. The zero-order chi connectivity index (χ0) is 17.8. The molecule has 142 valence electrons. The van der Waals surface area contributed by atoms with Gasteiger partial charge in [0.1, 0.15) is 11.3 Å². The molecule has 3 aromatic rings. The standard InChI is InChI=1S/C20H21N3O3.HI/c21-20(22-9-8-16-12-14-4-1-2-5-17(14)26-16)23-15-6-7-18-19(13-15)25-11-3-10-24-18;/h1-2,4-7,12-13H,3,8-11H2,(H3,21,22,23);1H. The van der Waals surface area contributed by atoms with E-state index in [2.05, 4.69) is 10.3 Å². The van der Waals surface area contributed by atoms with E-state index in [1.807, 2.05) is 48.5 Å². The molecule has 7 heteroatoms. The van der Waals surface area contributed by atoms with Crippen molar-refractivity contribution in [2.45, 2.75) is 12.8 Å². The summed E-state index contributed by atoms with van der Waals surface area (Å²) in [6.45, 7) is 1.87. The van der Waals surface area contributed by atoms with E-state index in [4.69, 9.17) is 19.6 Å². The highest BCUT2D eigenvalue weighted by atomic mass is 127. The number of aliphatic imine (C=N–C) groups is 1. The lowest BCUT2D eigenvalue weighted by atomic mass is 10.2. The summed E-state index contributed by atoms with van der Waals surface area (Å²) in [6, 6.07) is 15.6. The van der Waals surface area contributed by atoms with Crippen LogP contribution in [0.15, 0.2) is 57.9 Å². The Bertz CT molecular complexity index is 906. The lowest BCUT2D eigenvalue weighted by Crippen LogP contribution is -2.23. The maximum Gasteiger partial charge on any atom is 0.193 e. The average Bonchev–Trinajstić information content (AvgIpc) is 2.91. The van der Waals surface area contributed by atoms with Gasteiger partial charge in [-0.1, -0.05) is 18.2 Å². The van der Waals surface area contributed by atoms with Gasteiger partial charge in [0, 0.05) is 36.5 Å². The Labute approximate surface area is 174 Å². The molecule has 3 N–H and O–H groups in total. The molecule has 4 rings (SSSR count). The van der Waals surface area contributed by atoms with Gasteiger partial charge in [0.05, 0.1) is 13.2 Å². The lowest BCUT2D eigenvalue weighted by Gasteiger charge is -2.10. The van der Waals surface area contributed by atoms with Crippen LogP contribution >= 0.6 is 24.0 Å². The first kappa shape index (κ1) is 19.3. The van der Waals surface area contributed by atoms with Gasteiger partial charge < -0.3 is 24.9 Å². The Morgan fingerprint density at radius 2 is 1.85 bits per heavy atom. The first-order chi connectivity index (χ1) is 12.8. The SMILES string of the molecule is I.NC(=NCCc1cc2ccccc2o1)Nc1ccc2c(c1)OCCCO2. The Morgan fingerprint density at radius 3 is 2.70 bits per heavy atom. The molecule has 0 aliphatic carbocycles. The van der Waals surface area contributed by atoms with E-state index in [-0.39, 0.29) is 24.0 Å². The van der Waals surface area contributed by atoms with Crippen LogP contribution in [0.4, 0.5) is 5.69 Å². The van der Waals surface area contributed by atoms with Crippen molar-refractivity contribution in [3.8, 4) is 11.5 Å². The van der Waals surface area contributed by atoms with E-state index in [9.17, 15) is 0 Å². The van der Waals surface area contributed by atoms with E-state index in [0.717, 1.165) is 40.3 Å². The Hall–Kier alpha value is -2.42. The summed E-state index contributed by atoms with van der Waals surface area (Å²) < 4.78 is 17.1. The topological polar surface area (TPSA) is 82.0 Å². The van der Waals surface area contributed by atoms with Crippen LogP contribution in [0.5, 0.6) is 11.5 Å². The molecule has 0 fully saturated rings. The zero-order valence-electron chi connectivity index (χ0n) is 14.8. The van der Waals surface area contributed by atoms with Crippen molar-refractivity contribution in [1.82, 2.24) is 0 Å². The van der Waals surface area contributed by atoms with Crippen molar-refractivity contribution in [2.24, 2.45) is 10.7 Å². The molecule has 2 aromatic carbocycles. The molecule has 0 unspecified atom stereocenters. The molecule has 6 nitrogen and oxygen atoms in total. The molecule has 2 heterocycles. The van der Waals surface area contributed by atoms with Crippen LogP contribution in [-0.2, 0) is 6.42 Å². The van der Waals surface area contributed by atoms with Gasteiger partial charge in [0.2, 0.25) is 0 Å².